The second-order valence-electron chi connectivity index (χ2n) is 5.09. The molecule has 20 heavy (non-hydrogen) atoms. The zero-order valence-corrected chi connectivity index (χ0v) is 11.8. The third-order valence-electron chi connectivity index (χ3n) is 3.67. The van der Waals surface area contributed by atoms with E-state index in [1.54, 1.807) is 17.9 Å². The van der Waals surface area contributed by atoms with Crippen LogP contribution in [-0.4, -0.2) is 41.0 Å². The van der Waals surface area contributed by atoms with Crippen LogP contribution in [-0.2, 0) is 11.2 Å². The van der Waals surface area contributed by atoms with Crippen LogP contribution in [0.3, 0.4) is 0 Å². The van der Waals surface area contributed by atoms with Crippen LogP contribution in [0.1, 0.15) is 36.2 Å². The van der Waals surface area contributed by atoms with Gasteiger partial charge in [-0.3, -0.25) is 9.59 Å². The fourth-order valence-electron chi connectivity index (χ4n) is 2.62. The number of rotatable bonds is 5. The zero-order valence-electron chi connectivity index (χ0n) is 11.8. The van der Waals surface area contributed by atoms with Crippen molar-refractivity contribution in [2.24, 2.45) is 0 Å². The number of benzene rings is 1. The Labute approximate surface area is 118 Å². The van der Waals surface area contributed by atoms with E-state index in [4.69, 9.17) is 5.11 Å². The van der Waals surface area contributed by atoms with E-state index in [9.17, 15) is 9.59 Å². The average molecular weight is 276 g/mol. The number of hydrogen-bond acceptors (Lipinski definition) is 3. The van der Waals surface area contributed by atoms with Crippen molar-refractivity contribution in [1.82, 2.24) is 4.90 Å². The number of carbonyl (C=O) groups excluding carboxylic acids is 1. The standard InChI is InChI=1S/C15H20N2O3/c1-3-17(10(2)8-14(18)19)15(20)12-4-5-13-11(9-12)6-7-16-13/h4-5,9-10,16H,3,6-8H2,1-2H3,(H,18,19). The van der Waals surface area contributed by atoms with Crippen LogP contribution in [0.5, 0.6) is 0 Å². The SMILES string of the molecule is CCN(C(=O)c1ccc2c(c1)CCN2)C(C)CC(=O)O. The van der Waals surface area contributed by atoms with Crippen LogP contribution in [0.4, 0.5) is 5.69 Å². The van der Waals surface area contributed by atoms with Crippen molar-refractivity contribution in [2.45, 2.75) is 32.7 Å². The molecule has 0 saturated carbocycles. The first-order valence-electron chi connectivity index (χ1n) is 6.92. The van der Waals surface area contributed by atoms with Crippen molar-refractivity contribution in [3.63, 3.8) is 0 Å². The number of nitrogens with zero attached hydrogens (tertiary/aromatic N) is 1. The smallest absolute Gasteiger partial charge is 0.305 e. The molecule has 0 radical (unpaired) electrons. The predicted octanol–water partition coefficient (Wildman–Crippen LogP) is 1.98. The number of fused-ring (bicyclic) bond motifs is 1. The second kappa shape index (κ2) is 5.94. The molecule has 0 aromatic heterocycles. The van der Waals surface area contributed by atoms with Crippen LogP contribution >= 0.6 is 0 Å². The first-order chi connectivity index (χ1) is 9.52. The lowest BCUT2D eigenvalue weighted by Gasteiger charge is -2.27. The van der Waals surface area contributed by atoms with Gasteiger partial charge in [0.25, 0.3) is 5.91 Å². The molecule has 1 atom stereocenters. The van der Waals surface area contributed by atoms with E-state index in [1.807, 2.05) is 19.1 Å². The molecule has 0 fully saturated rings. The zero-order chi connectivity index (χ0) is 14.7. The Hall–Kier alpha value is -2.04. The van der Waals surface area contributed by atoms with Crippen molar-refractivity contribution in [1.29, 1.82) is 0 Å². The van der Waals surface area contributed by atoms with Gasteiger partial charge in [-0.2, -0.15) is 0 Å². The molecule has 108 valence electrons. The van der Waals surface area contributed by atoms with Gasteiger partial charge < -0.3 is 15.3 Å². The molecule has 1 heterocycles. The van der Waals surface area contributed by atoms with E-state index >= 15 is 0 Å². The molecule has 2 rings (SSSR count). The number of anilines is 1. The first kappa shape index (κ1) is 14.4. The molecule has 0 spiro atoms. The Morgan fingerprint density at radius 3 is 2.85 bits per heavy atom. The predicted molar refractivity (Wildman–Crippen MR) is 77.1 cm³/mol. The number of hydrogen-bond donors (Lipinski definition) is 2. The Kier molecular flexibility index (Phi) is 4.27. The Balaban J connectivity index is 2.18. The monoisotopic (exact) mass is 276 g/mol. The van der Waals surface area contributed by atoms with Gasteiger partial charge in [0.1, 0.15) is 0 Å². The van der Waals surface area contributed by atoms with Gasteiger partial charge >= 0.3 is 5.97 Å². The number of aliphatic carboxylic acids is 1. The molecule has 0 aliphatic carbocycles. The van der Waals surface area contributed by atoms with Crippen LogP contribution in [0, 0.1) is 0 Å². The molecule has 2 N–H and O–H groups in total. The van der Waals surface area contributed by atoms with Crippen LogP contribution in [0.2, 0.25) is 0 Å². The maximum absolute atomic E-state index is 12.5. The van der Waals surface area contributed by atoms with E-state index in [-0.39, 0.29) is 18.4 Å². The van der Waals surface area contributed by atoms with Crippen molar-refractivity contribution in [3.05, 3.63) is 29.3 Å². The second-order valence-corrected chi connectivity index (χ2v) is 5.09. The first-order valence-corrected chi connectivity index (χ1v) is 6.92. The highest BCUT2D eigenvalue weighted by Gasteiger charge is 2.23. The third kappa shape index (κ3) is 2.92. The van der Waals surface area contributed by atoms with E-state index < -0.39 is 5.97 Å². The molecule has 1 unspecified atom stereocenters. The van der Waals surface area contributed by atoms with E-state index in [0.717, 1.165) is 24.2 Å². The highest BCUT2D eigenvalue weighted by molar-refractivity contribution is 5.95. The molecule has 0 bridgehead atoms. The van der Waals surface area contributed by atoms with Crippen molar-refractivity contribution in [2.75, 3.05) is 18.4 Å². The topological polar surface area (TPSA) is 69.6 Å². The average Bonchev–Trinajstić information content (AvgIpc) is 2.85. The summed E-state index contributed by atoms with van der Waals surface area (Å²) >= 11 is 0. The summed E-state index contributed by atoms with van der Waals surface area (Å²) in [5.41, 5.74) is 2.87. The van der Waals surface area contributed by atoms with Crippen LogP contribution < -0.4 is 5.32 Å². The summed E-state index contributed by atoms with van der Waals surface area (Å²) in [6.07, 6.45) is 0.888. The van der Waals surface area contributed by atoms with Gasteiger partial charge in [-0.25, -0.2) is 0 Å². The number of carbonyl (C=O) groups is 2. The highest BCUT2D eigenvalue weighted by Crippen LogP contribution is 2.24. The third-order valence-corrected chi connectivity index (χ3v) is 3.67. The lowest BCUT2D eigenvalue weighted by Crippen LogP contribution is -2.39. The van der Waals surface area contributed by atoms with Gasteiger partial charge in [0.05, 0.1) is 6.42 Å². The molecule has 0 saturated heterocycles. The summed E-state index contributed by atoms with van der Waals surface area (Å²) in [5.74, 6) is -0.988. The molecule has 1 aliphatic rings. The van der Waals surface area contributed by atoms with Gasteiger partial charge in [-0.05, 0) is 44.0 Å². The van der Waals surface area contributed by atoms with Gasteiger partial charge in [0.2, 0.25) is 0 Å². The number of amides is 1. The van der Waals surface area contributed by atoms with Gasteiger partial charge in [0, 0.05) is 30.4 Å². The minimum atomic E-state index is -0.887. The van der Waals surface area contributed by atoms with E-state index in [1.165, 1.54) is 0 Å². The van der Waals surface area contributed by atoms with E-state index in [2.05, 4.69) is 5.32 Å². The Bertz CT molecular complexity index is 528. The summed E-state index contributed by atoms with van der Waals surface area (Å²) in [4.78, 5) is 24.9. The van der Waals surface area contributed by atoms with Gasteiger partial charge in [-0.15, -0.1) is 0 Å². The van der Waals surface area contributed by atoms with Gasteiger partial charge in [0.15, 0.2) is 0 Å². The van der Waals surface area contributed by atoms with Crippen molar-refractivity contribution >= 4 is 17.6 Å². The minimum Gasteiger partial charge on any atom is -0.481 e. The van der Waals surface area contributed by atoms with Crippen LogP contribution in [0.15, 0.2) is 18.2 Å². The largest absolute Gasteiger partial charge is 0.481 e. The molecule has 1 aromatic rings. The van der Waals surface area contributed by atoms with Crippen molar-refractivity contribution in [3.8, 4) is 0 Å². The van der Waals surface area contributed by atoms with Crippen LogP contribution in [0.25, 0.3) is 0 Å². The fraction of sp³-hybridized carbons (Fsp3) is 0.467. The normalized spacial score (nSPS) is 14.3. The van der Waals surface area contributed by atoms with E-state index in [0.29, 0.717) is 12.1 Å². The molecular formula is C15H20N2O3. The lowest BCUT2D eigenvalue weighted by atomic mass is 10.1. The fourth-order valence-corrected chi connectivity index (χ4v) is 2.62. The number of carboxylic acid groups (broad SMARTS) is 1. The number of carboxylic acids is 1. The summed E-state index contributed by atoms with van der Waals surface area (Å²) in [6.45, 7) is 5.04. The summed E-state index contributed by atoms with van der Waals surface area (Å²) in [6, 6.07) is 5.32. The molecule has 1 aliphatic heterocycles. The van der Waals surface area contributed by atoms with Crippen molar-refractivity contribution < 1.29 is 14.7 Å². The van der Waals surface area contributed by atoms with Gasteiger partial charge in [-0.1, -0.05) is 0 Å². The summed E-state index contributed by atoms with van der Waals surface area (Å²) < 4.78 is 0. The maximum Gasteiger partial charge on any atom is 0.305 e. The molecular weight excluding hydrogens is 256 g/mol. The summed E-state index contributed by atoms with van der Waals surface area (Å²) in [7, 11) is 0. The highest BCUT2D eigenvalue weighted by atomic mass is 16.4. The lowest BCUT2D eigenvalue weighted by molar-refractivity contribution is -0.138. The molecule has 5 heteroatoms. The Morgan fingerprint density at radius 2 is 2.20 bits per heavy atom. The molecule has 1 amide bonds. The molecule has 5 nitrogen and oxygen atoms in total. The maximum atomic E-state index is 12.5. The Morgan fingerprint density at radius 1 is 1.45 bits per heavy atom. The minimum absolute atomic E-state index is 0.0356. The number of nitrogens with one attached hydrogen (secondary N) is 1. The quantitative estimate of drug-likeness (QED) is 0.862. The molecule has 1 aromatic carbocycles. The summed E-state index contributed by atoms with van der Waals surface area (Å²) in [5, 5.41) is 12.1.